The Morgan fingerprint density at radius 1 is 1.27 bits per heavy atom. The molecule has 3 nitrogen and oxygen atoms in total. The Morgan fingerprint density at radius 3 is 2.67 bits per heavy atom. The summed E-state index contributed by atoms with van der Waals surface area (Å²) < 4.78 is 5.29. The summed E-state index contributed by atoms with van der Waals surface area (Å²) in [5, 5.41) is 3.76. The van der Waals surface area contributed by atoms with Crippen LogP contribution in [0, 0.1) is 5.92 Å². The van der Waals surface area contributed by atoms with Crippen molar-refractivity contribution in [3.63, 3.8) is 0 Å². The molecule has 2 saturated carbocycles. The predicted octanol–water partition coefficient (Wildman–Crippen LogP) is 1.27. The van der Waals surface area contributed by atoms with Crippen molar-refractivity contribution in [3.8, 4) is 0 Å². The molecule has 2 aliphatic rings. The maximum Gasteiger partial charge on any atom is 0.0601 e. The van der Waals surface area contributed by atoms with Crippen LogP contribution in [-0.4, -0.2) is 31.8 Å². The fraction of sp³-hybridized carbons (Fsp3) is 1.00. The first-order valence-electron chi connectivity index (χ1n) is 6.32. The molecule has 2 atom stereocenters. The van der Waals surface area contributed by atoms with Crippen molar-refractivity contribution in [1.82, 2.24) is 5.32 Å². The van der Waals surface area contributed by atoms with Crippen molar-refractivity contribution in [2.24, 2.45) is 11.7 Å². The van der Waals surface area contributed by atoms with Crippen LogP contribution in [0.1, 0.15) is 38.5 Å². The molecule has 0 aromatic rings. The van der Waals surface area contributed by atoms with Gasteiger partial charge in [-0.3, -0.25) is 0 Å². The lowest BCUT2D eigenvalue weighted by atomic mass is 9.81. The summed E-state index contributed by atoms with van der Waals surface area (Å²) in [5.41, 5.74) is 5.82. The van der Waals surface area contributed by atoms with E-state index in [0.717, 1.165) is 6.54 Å². The second-order valence-electron chi connectivity index (χ2n) is 5.08. The smallest absolute Gasteiger partial charge is 0.0601 e. The minimum Gasteiger partial charge on any atom is -0.381 e. The highest BCUT2D eigenvalue weighted by atomic mass is 16.5. The first kappa shape index (κ1) is 11.4. The number of ether oxygens (including phenoxy) is 1. The van der Waals surface area contributed by atoms with E-state index in [0.29, 0.717) is 24.1 Å². The summed E-state index contributed by atoms with van der Waals surface area (Å²) in [7, 11) is 1.81. The van der Waals surface area contributed by atoms with E-state index in [-0.39, 0.29) is 0 Å². The zero-order valence-corrected chi connectivity index (χ0v) is 9.74. The van der Waals surface area contributed by atoms with E-state index in [9.17, 15) is 0 Å². The number of hydrogen-bond acceptors (Lipinski definition) is 3. The standard InChI is InChI=1S/C12H24N2O/c1-15-11-6-10(7-11)14-12-5-3-2-4-9(12)8-13/h9-12,14H,2-8,13H2,1H3. The molecule has 2 rings (SSSR count). The highest BCUT2D eigenvalue weighted by Gasteiger charge is 2.33. The SMILES string of the molecule is COC1CC(NC2CCCCC2CN)C1. The summed E-state index contributed by atoms with van der Waals surface area (Å²) in [6, 6.07) is 1.36. The Morgan fingerprint density at radius 2 is 2.00 bits per heavy atom. The molecule has 0 aromatic carbocycles. The van der Waals surface area contributed by atoms with Crippen LogP contribution < -0.4 is 11.1 Å². The largest absolute Gasteiger partial charge is 0.381 e. The normalized spacial score (nSPS) is 41.2. The molecule has 0 radical (unpaired) electrons. The summed E-state index contributed by atoms with van der Waals surface area (Å²) >= 11 is 0. The van der Waals surface area contributed by atoms with E-state index in [4.69, 9.17) is 10.5 Å². The maximum absolute atomic E-state index is 5.82. The van der Waals surface area contributed by atoms with E-state index >= 15 is 0 Å². The van der Waals surface area contributed by atoms with Crippen molar-refractivity contribution in [2.45, 2.75) is 56.7 Å². The third kappa shape index (κ3) is 2.71. The number of rotatable bonds is 4. The van der Waals surface area contributed by atoms with Crippen LogP contribution in [0.2, 0.25) is 0 Å². The average molecular weight is 212 g/mol. The molecule has 2 fully saturated rings. The minimum absolute atomic E-state index is 0.502. The van der Waals surface area contributed by atoms with Gasteiger partial charge in [-0.25, -0.2) is 0 Å². The molecule has 0 amide bonds. The van der Waals surface area contributed by atoms with Gasteiger partial charge in [0.25, 0.3) is 0 Å². The molecule has 0 saturated heterocycles. The van der Waals surface area contributed by atoms with Gasteiger partial charge in [-0.05, 0) is 38.1 Å². The zero-order valence-electron chi connectivity index (χ0n) is 9.74. The van der Waals surface area contributed by atoms with E-state index < -0.39 is 0 Å². The van der Waals surface area contributed by atoms with Crippen LogP contribution in [0.5, 0.6) is 0 Å². The van der Waals surface area contributed by atoms with E-state index in [2.05, 4.69) is 5.32 Å². The van der Waals surface area contributed by atoms with Crippen LogP contribution in [0.25, 0.3) is 0 Å². The van der Waals surface area contributed by atoms with Gasteiger partial charge in [-0.1, -0.05) is 12.8 Å². The van der Waals surface area contributed by atoms with Crippen LogP contribution >= 0.6 is 0 Å². The van der Waals surface area contributed by atoms with E-state index in [1.54, 1.807) is 0 Å². The zero-order chi connectivity index (χ0) is 10.7. The number of nitrogens with two attached hydrogens (primary N) is 1. The van der Waals surface area contributed by atoms with Crippen LogP contribution in [-0.2, 0) is 4.74 Å². The molecule has 0 aromatic heterocycles. The fourth-order valence-electron chi connectivity index (χ4n) is 2.91. The summed E-state index contributed by atoms with van der Waals surface area (Å²) in [5.74, 6) is 0.709. The first-order valence-corrected chi connectivity index (χ1v) is 6.32. The summed E-state index contributed by atoms with van der Waals surface area (Å²) in [6.07, 6.45) is 8.24. The van der Waals surface area contributed by atoms with E-state index in [1.165, 1.54) is 38.5 Å². The highest BCUT2D eigenvalue weighted by molar-refractivity contribution is 4.91. The molecule has 88 valence electrons. The minimum atomic E-state index is 0.502. The fourth-order valence-corrected chi connectivity index (χ4v) is 2.91. The molecule has 3 N–H and O–H groups in total. The van der Waals surface area contributed by atoms with Gasteiger partial charge >= 0.3 is 0 Å². The lowest BCUT2D eigenvalue weighted by molar-refractivity contribution is 0.0101. The van der Waals surface area contributed by atoms with Gasteiger partial charge in [0, 0.05) is 19.2 Å². The van der Waals surface area contributed by atoms with Gasteiger partial charge in [0.15, 0.2) is 0 Å². The Labute approximate surface area is 92.7 Å². The molecule has 0 bridgehead atoms. The number of methoxy groups -OCH3 is 1. The van der Waals surface area contributed by atoms with Crippen molar-refractivity contribution in [3.05, 3.63) is 0 Å². The van der Waals surface area contributed by atoms with Gasteiger partial charge in [-0.15, -0.1) is 0 Å². The Balaban J connectivity index is 1.73. The van der Waals surface area contributed by atoms with E-state index in [1.807, 2.05) is 7.11 Å². The maximum atomic E-state index is 5.82. The van der Waals surface area contributed by atoms with Crippen molar-refractivity contribution in [2.75, 3.05) is 13.7 Å². The molecule has 0 spiro atoms. The molecule has 3 heteroatoms. The van der Waals surface area contributed by atoms with Gasteiger partial charge in [0.05, 0.1) is 6.10 Å². The van der Waals surface area contributed by atoms with Crippen LogP contribution in [0.3, 0.4) is 0 Å². The van der Waals surface area contributed by atoms with Crippen molar-refractivity contribution in [1.29, 1.82) is 0 Å². The Bertz CT molecular complexity index is 192. The quantitative estimate of drug-likeness (QED) is 0.738. The molecule has 0 aliphatic heterocycles. The third-order valence-corrected chi connectivity index (χ3v) is 4.09. The first-order chi connectivity index (χ1) is 7.33. The van der Waals surface area contributed by atoms with Gasteiger partial charge < -0.3 is 15.8 Å². The second kappa shape index (κ2) is 5.28. The molecule has 2 unspecified atom stereocenters. The Kier molecular flexibility index (Phi) is 4.00. The Hall–Kier alpha value is -0.120. The van der Waals surface area contributed by atoms with Gasteiger partial charge in [-0.2, -0.15) is 0 Å². The lowest BCUT2D eigenvalue weighted by Crippen LogP contribution is -2.53. The molecule has 0 heterocycles. The van der Waals surface area contributed by atoms with Crippen LogP contribution in [0.4, 0.5) is 0 Å². The van der Waals surface area contributed by atoms with Gasteiger partial charge in [0.2, 0.25) is 0 Å². The highest BCUT2D eigenvalue weighted by Crippen LogP contribution is 2.28. The van der Waals surface area contributed by atoms with Gasteiger partial charge in [0.1, 0.15) is 0 Å². The third-order valence-electron chi connectivity index (χ3n) is 4.09. The molecule has 2 aliphatic carbocycles. The monoisotopic (exact) mass is 212 g/mol. The lowest BCUT2D eigenvalue weighted by Gasteiger charge is -2.41. The molecule has 15 heavy (non-hydrogen) atoms. The molecular formula is C12H24N2O. The summed E-state index contributed by atoms with van der Waals surface area (Å²) in [4.78, 5) is 0. The van der Waals surface area contributed by atoms with Crippen molar-refractivity contribution < 1.29 is 4.74 Å². The summed E-state index contributed by atoms with van der Waals surface area (Å²) in [6.45, 7) is 0.845. The van der Waals surface area contributed by atoms with Crippen molar-refractivity contribution >= 4 is 0 Å². The molecular weight excluding hydrogens is 188 g/mol. The average Bonchev–Trinajstić information content (AvgIpc) is 2.23. The van der Waals surface area contributed by atoms with Crippen LogP contribution in [0.15, 0.2) is 0 Å². The predicted molar refractivity (Wildman–Crippen MR) is 61.8 cm³/mol. The topological polar surface area (TPSA) is 47.3 Å². The second-order valence-corrected chi connectivity index (χ2v) is 5.08. The number of hydrogen-bond donors (Lipinski definition) is 2. The number of nitrogens with one attached hydrogen (secondary N) is 1.